The Balaban J connectivity index is 1.79. The molecule has 0 spiro atoms. The van der Waals surface area contributed by atoms with Gasteiger partial charge in [-0.2, -0.15) is 0 Å². The largest absolute Gasteiger partial charge is 0.381 e. The molecule has 0 radical (unpaired) electrons. The molecule has 0 unspecified atom stereocenters. The van der Waals surface area contributed by atoms with Gasteiger partial charge in [-0.3, -0.25) is 0 Å². The van der Waals surface area contributed by atoms with Crippen LogP contribution in [0.5, 0.6) is 0 Å². The normalized spacial score (nSPS) is 18.2. The Morgan fingerprint density at radius 3 is 2.60 bits per heavy atom. The summed E-state index contributed by atoms with van der Waals surface area (Å²) >= 11 is 0. The molecule has 90 valence electrons. The van der Waals surface area contributed by atoms with Gasteiger partial charge in [0.2, 0.25) is 0 Å². The molecule has 1 saturated heterocycles. The van der Waals surface area contributed by atoms with Crippen molar-refractivity contribution in [1.29, 1.82) is 0 Å². The van der Waals surface area contributed by atoms with Gasteiger partial charge in [-0.1, -0.05) is 26.2 Å². The van der Waals surface area contributed by atoms with E-state index in [1.54, 1.807) is 0 Å². The first-order chi connectivity index (χ1) is 7.43. The van der Waals surface area contributed by atoms with Crippen molar-refractivity contribution in [2.24, 2.45) is 0 Å². The van der Waals surface area contributed by atoms with Crippen LogP contribution in [0.3, 0.4) is 0 Å². The molecule has 3 heteroatoms. The zero-order valence-electron chi connectivity index (χ0n) is 9.87. The highest BCUT2D eigenvalue weighted by atomic mass is 16.7. The van der Waals surface area contributed by atoms with Crippen LogP contribution in [0.2, 0.25) is 0 Å². The highest BCUT2D eigenvalue weighted by Crippen LogP contribution is 2.08. The Kier molecular flexibility index (Phi) is 7.88. The Hall–Kier alpha value is -0.120. The summed E-state index contributed by atoms with van der Waals surface area (Å²) in [6.45, 7) is 5.53. The smallest absolute Gasteiger partial charge is 0.159 e. The molecule has 0 aromatic rings. The first-order valence-corrected chi connectivity index (χ1v) is 6.24. The van der Waals surface area contributed by atoms with E-state index >= 15 is 0 Å². The molecular weight excluding hydrogens is 192 g/mol. The Morgan fingerprint density at radius 1 is 1.07 bits per heavy atom. The summed E-state index contributed by atoms with van der Waals surface area (Å²) in [7, 11) is 0. The molecule has 1 heterocycles. The van der Waals surface area contributed by atoms with Gasteiger partial charge < -0.3 is 14.2 Å². The molecule has 0 aromatic heterocycles. The maximum atomic E-state index is 5.52. The van der Waals surface area contributed by atoms with Gasteiger partial charge in [0.05, 0.1) is 19.8 Å². The molecular formula is C12H24O3. The van der Waals surface area contributed by atoms with Crippen LogP contribution < -0.4 is 0 Å². The average Bonchev–Trinajstić information content (AvgIpc) is 2.29. The van der Waals surface area contributed by atoms with E-state index < -0.39 is 0 Å². The molecule has 1 aliphatic rings. The minimum atomic E-state index is -0.0191. The zero-order chi connectivity index (χ0) is 10.8. The molecule has 1 fully saturated rings. The van der Waals surface area contributed by atoms with Crippen LogP contribution in [0.15, 0.2) is 0 Å². The lowest BCUT2D eigenvalue weighted by atomic mass is 10.2. The van der Waals surface area contributed by atoms with Gasteiger partial charge in [0.25, 0.3) is 0 Å². The van der Waals surface area contributed by atoms with Gasteiger partial charge in [-0.25, -0.2) is 0 Å². The van der Waals surface area contributed by atoms with Gasteiger partial charge >= 0.3 is 0 Å². The molecule has 0 saturated carbocycles. The lowest BCUT2D eigenvalue weighted by molar-refractivity contribution is -0.186. The second-order valence-corrected chi connectivity index (χ2v) is 3.99. The lowest BCUT2D eigenvalue weighted by Crippen LogP contribution is -2.26. The van der Waals surface area contributed by atoms with Gasteiger partial charge in [-0.15, -0.1) is 0 Å². The molecule has 0 aliphatic carbocycles. The third-order valence-corrected chi connectivity index (χ3v) is 2.54. The van der Waals surface area contributed by atoms with Crippen LogP contribution >= 0.6 is 0 Å². The maximum absolute atomic E-state index is 5.52. The Bertz CT molecular complexity index is 133. The zero-order valence-corrected chi connectivity index (χ0v) is 9.87. The van der Waals surface area contributed by atoms with Crippen molar-refractivity contribution in [2.75, 3.05) is 26.4 Å². The molecule has 0 N–H and O–H groups in total. The Labute approximate surface area is 93.1 Å². The fraction of sp³-hybridized carbons (Fsp3) is 1.00. The van der Waals surface area contributed by atoms with Crippen LogP contribution in [0, 0.1) is 0 Å². The SMILES string of the molecule is CCCCCCOCCC1OCCCO1. The molecule has 0 amide bonds. The van der Waals surface area contributed by atoms with Crippen molar-refractivity contribution in [3.63, 3.8) is 0 Å². The summed E-state index contributed by atoms with van der Waals surface area (Å²) in [5, 5.41) is 0. The summed E-state index contributed by atoms with van der Waals surface area (Å²) in [5.41, 5.74) is 0. The second-order valence-electron chi connectivity index (χ2n) is 3.99. The molecule has 15 heavy (non-hydrogen) atoms. The van der Waals surface area contributed by atoms with Gasteiger partial charge in [0.1, 0.15) is 0 Å². The average molecular weight is 216 g/mol. The molecule has 1 rings (SSSR count). The molecule has 3 nitrogen and oxygen atoms in total. The number of rotatable bonds is 8. The van der Waals surface area contributed by atoms with Crippen molar-refractivity contribution in [3.8, 4) is 0 Å². The third kappa shape index (κ3) is 6.88. The minimum Gasteiger partial charge on any atom is -0.381 e. The number of unbranched alkanes of at least 4 members (excludes halogenated alkanes) is 3. The highest BCUT2D eigenvalue weighted by molar-refractivity contribution is 4.51. The van der Waals surface area contributed by atoms with E-state index in [1.165, 1.54) is 25.7 Å². The third-order valence-electron chi connectivity index (χ3n) is 2.54. The monoisotopic (exact) mass is 216 g/mol. The predicted octanol–water partition coefficient (Wildman–Crippen LogP) is 2.74. The number of hydrogen-bond acceptors (Lipinski definition) is 3. The topological polar surface area (TPSA) is 27.7 Å². The maximum Gasteiger partial charge on any atom is 0.159 e. The summed E-state index contributed by atoms with van der Waals surface area (Å²) < 4.78 is 16.4. The van der Waals surface area contributed by atoms with Crippen LogP contribution in [0.25, 0.3) is 0 Å². The van der Waals surface area contributed by atoms with E-state index in [4.69, 9.17) is 14.2 Å². The first-order valence-electron chi connectivity index (χ1n) is 6.24. The van der Waals surface area contributed by atoms with Gasteiger partial charge in [0.15, 0.2) is 6.29 Å². The summed E-state index contributed by atoms with van der Waals surface area (Å²) in [6.07, 6.45) is 6.94. The van der Waals surface area contributed by atoms with Crippen LogP contribution in [0.1, 0.15) is 45.4 Å². The van der Waals surface area contributed by atoms with Crippen molar-refractivity contribution >= 4 is 0 Å². The van der Waals surface area contributed by atoms with Crippen LogP contribution in [-0.2, 0) is 14.2 Å². The predicted molar refractivity (Wildman–Crippen MR) is 59.9 cm³/mol. The lowest BCUT2D eigenvalue weighted by Gasteiger charge is -2.22. The molecule has 0 atom stereocenters. The van der Waals surface area contributed by atoms with E-state index in [2.05, 4.69) is 6.92 Å². The van der Waals surface area contributed by atoms with Crippen LogP contribution in [-0.4, -0.2) is 32.7 Å². The van der Waals surface area contributed by atoms with E-state index in [9.17, 15) is 0 Å². The number of ether oxygens (including phenoxy) is 3. The van der Waals surface area contributed by atoms with Crippen molar-refractivity contribution < 1.29 is 14.2 Å². The summed E-state index contributed by atoms with van der Waals surface area (Å²) in [6, 6.07) is 0. The fourth-order valence-corrected chi connectivity index (χ4v) is 1.62. The molecule has 1 aliphatic heterocycles. The van der Waals surface area contributed by atoms with Crippen LogP contribution in [0.4, 0.5) is 0 Å². The number of hydrogen-bond donors (Lipinski definition) is 0. The first kappa shape index (κ1) is 12.9. The summed E-state index contributed by atoms with van der Waals surface area (Å²) in [4.78, 5) is 0. The van der Waals surface area contributed by atoms with Crippen molar-refractivity contribution in [1.82, 2.24) is 0 Å². The standard InChI is InChI=1S/C12H24O3/c1-2-3-4-5-8-13-11-7-12-14-9-6-10-15-12/h12H,2-11H2,1H3. The van der Waals surface area contributed by atoms with E-state index in [0.717, 1.165) is 39.3 Å². The quantitative estimate of drug-likeness (QED) is 0.584. The molecule has 0 bridgehead atoms. The van der Waals surface area contributed by atoms with Gasteiger partial charge in [0, 0.05) is 13.0 Å². The highest BCUT2D eigenvalue weighted by Gasteiger charge is 2.13. The summed E-state index contributed by atoms with van der Waals surface area (Å²) in [5.74, 6) is 0. The van der Waals surface area contributed by atoms with Crippen molar-refractivity contribution in [3.05, 3.63) is 0 Å². The van der Waals surface area contributed by atoms with Crippen molar-refractivity contribution in [2.45, 2.75) is 51.7 Å². The second kappa shape index (κ2) is 9.13. The van der Waals surface area contributed by atoms with E-state index in [0.29, 0.717) is 0 Å². The minimum absolute atomic E-state index is 0.0191. The van der Waals surface area contributed by atoms with E-state index in [-0.39, 0.29) is 6.29 Å². The Morgan fingerprint density at radius 2 is 1.87 bits per heavy atom. The van der Waals surface area contributed by atoms with Gasteiger partial charge in [-0.05, 0) is 12.8 Å². The fourth-order valence-electron chi connectivity index (χ4n) is 1.62. The molecule has 0 aromatic carbocycles. The van der Waals surface area contributed by atoms with E-state index in [1.807, 2.05) is 0 Å².